The standard InChI is InChI=1S/C45H50/c1-18-20(3)26(9)38-36(24(18)7)30(13)32(15)42-40(38)28(11)22(5)34-17-35-23(6)29(12)41-39-27(10)21(4)19(2)25(8)37(39)31(14)33(16)43(41)45(35)44(34)42/h17H2,1-16H3. The lowest BCUT2D eigenvalue weighted by molar-refractivity contribution is 1.16. The van der Waals surface area contributed by atoms with Crippen molar-refractivity contribution >= 4 is 43.1 Å². The van der Waals surface area contributed by atoms with Gasteiger partial charge in [0.05, 0.1) is 0 Å². The highest BCUT2D eigenvalue weighted by Gasteiger charge is 2.33. The van der Waals surface area contributed by atoms with Crippen molar-refractivity contribution in [3.05, 3.63) is 100 Å². The Kier molecular flexibility index (Phi) is 6.31. The van der Waals surface area contributed by atoms with Crippen molar-refractivity contribution in [1.29, 1.82) is 0 Å². The van der Waals surface area contributed by atoms with E-state index in [1.165, 1.54) is 143 Å². The van der Waals surface area contributed by atoms with E-state index in [0.717, 1.165) is 6.42 Å². The van der Waals surface area contributed by atoms with Crippen LogP contribution in [0.5, 0.6) is 0 Å². The normalized spacial score (nSPS) is 12.8. The maximum absolute atomic E-state index is 2.41. The molecule has 0 spiro atoms. The Morgan fingerprint density at radius 3 is 0.711 bits per heavy atom. The highest BCUT2D eigenvalue weighted by molar-refractivity contribution is 6.25. The molecule has 0 saturated heterocycles. The van der Waals surface area contributed by atoms with Gasteiger partial charge in [0.15, 0.2) is 0 Å². The van der Waals surface area contributed by atoms with Crippen molar-refractivity contribution in [3.63, 3.8) is 0 Å². The van der Waals surface area contributed by atoms with E-state index in [9.17, 15) is 0 Å². The Morgan fingerprint density at radius 1 is 0.200 bits per heavy atom. The SMILES string of the molecule is Cc1c(C)c(C)c2c(c1C)c(C)c(C)c1c3c(c(C)c(C)c12)Cc1c(C)c(C)c2c(c(C)c(C)c4c(C)c(C)c(C)c(C)c42)c1-3. The van der Waals surface area contributed by atoms with Crippen LogP contribution in [0.2, 0.25) is 0 Å². The molecule has 0 amide bonds. The van der Waals surface area contributed by atoms with E-state index in [1.54, 1.807) is 11.1 Å². The molecule has 0 atom stereocenters. The van der Waals surface area contributed by atoms with Gasteiger partial charge >= 0.3 is 0 Å². The van der Waals surface area contributed by atoms with E-state index < -0.39 is 0 Å². The van der Waals surface area contributed by atoms with Gasteiger partial charge in [0, 0.05) is 0 Å². The molecule has 0 N–H and O–H groups in total. The molecule has 0 aliphatic heterocycles. The fourth-order valence-electron chi connectivity index (χ4n) is 9.61. The third-order valence-corrected chi connectivity index (χ3v) is 13.5. The first-order valence-corrected chi connectivity index (χ1v) is 17.0. The molecule has 7 rings (SSSR count). The molecule has 0 unspecified atom stereocenters. The van der Waals surface area contributed by atoms with Crippen LogP contribution in [0.4, 0.5) is 0 Å². The third kappa shape index (κ3) is 3.39. The Balaban J connectivity index is 1.84. The van der Waals surface area contributed by atoms with Gasteiger partial charge in [0.1, 0.15) is 0 Å². The summed E-state index contributed by atoms with van der Waals surface area (Å²) >= 11 is 0. The summed E-state index contributed by atoms with van der Waals surface area (Å²) in [6, 6.07) is 0. The molecule has 45 heavy (non-hydrogen) atoms. The number of hydrogen-bond donors (Lipinski definition) is 0. The largest absolute Gasteiger partial charge is 0.0444 e. The lowest BCUT2D eigenvalue weighted by Gasteiger charge is -2.26. The molecule has 1 aliphatic carbocycles. The molecule has 0 heteroatoms. The minimum atomic E-state index is 1.03. The second-order valence-corrected chi connectivity index (χ2v) is 14.9. The van der Waals surface area contributed by atoms with E-state index in [1.807, 2.05) is 0 Å². The number of benzene rings is 6. The summed E-state index contributed by atoms with van der Waals surface area (Å²) in [5.41, 5.74) is 29.4. The minimum absolute atomic E-state index is 1.03. The smallest absolute Gasteiger partial charge is 0.000753 e. The van der Waals surface area contributed by atoms with Crippen LogP contribution in [-0.4, -0.2) is 0 Å². The summed E-state index contributed by atoms with van der Waals surface area (Å²) in [5, 5.41) is 11.9. The van der Waals surface area contributed by atoms with Crippen molar-refractivity contribution in [2.24, 2.45) is 0 Å². The quantitative estimate of drug-likeness (QED) is 0.154. The van der Waals surface area contributed by atoms with E-state index in [0.29, 0.717) is 0 Å². The van der Waals surface area contributed by atoms with Gasteiger partial charge in [-0.25, -0.2) is 0 Å². The van der Waals surface area contributed by atoms with Crippen LogP contribution >= 0.6 is 0 Å². The molecule has 6 aromatic rings. The van der Waals surface area contributed by atoms with Crippen molar-refractivity contribution < 1.29 is 0 Å². The van der Waals surface area contributed by atoms with Gasteiger partial charge in [-0.05, 0) is 272 Å². The average molecular weight is 591 g/mol. The highest BCUT2D eigenvalue weighted by atomic mass is 14.4. The number of aryl methyl sites for hydroxylation is 10. The number of rotatable bonds is 0. The van der Waals surface area contributed by atoms with Gasteiger partial charge in [-0.1, -0.05) is 0 Å². The zero-order chi connectivity index (χ0) is 32.9. The predicted octanol–water partition coefficient (Wildman–Crippen LogP) is 12.8. The first-order valence-electron chi connectivity index (χ1n) is 17.0. The molecular weight excluding hydrogens is 540 g/mol. The molecule has 6 aromatic carbocycles. The molecule has 0 nitrogen and oxygen atoms in total. The number of fused-ring (bicyclic) bond motifs is 11. The molecule has 0 fully saturated rings. The fourth-order valence-corrected chi connectivity index (χ4v) is 9.61. The monoisotopic (exact) mass is 590 g/mol. The van der Waals surface area contributed by atoms with Crippen LogP contribution in [0, 0.1) is 111 Å². The van der Waals surface area contributed by atoms with Crippen LogP contribution in [0.15, 0.2) is 0 Å². The van der Waals surface area contributed by atoms with Crippen LogP contribution in [0.3, 0.4) is 0 Å². The number of hydrogen-bond acceptors (Lipinski definition) is 0. The summed E-state index contributed by atoms with van der Waals surface area (Å²) in [7, 11) is 0. The van der Waals surface area contributed by atoms with E-state index >= 15 is 0 Å². The molecule has 0 saturated carbocycles. The molecule has 0 heterocycles. The summed E-state index contributed by atoms with van der Waals surface area (Å²) in [6.45, 7) is 37.9. The minimum Gasteiger partial charge on any atom is -0.0444 e. The van der Waals surface area contributed by atoms with Crippen molar-refractivity contribution in [2.45, 2.75) is 117 Å². The van der Waals surface area contributed by atoms with E-state index in [4.69, 9.17) is 0 Å². The van der Waals surface area contributed by atoms with Crippen molar-refractivity contribution in [2.75, 3.05) is 0 Å². The summed E-state index contributed by atoms with van der Waals surface area (Å²) in [6.07, 6.45) is 1.03. The highest BCUT2D eigenvalue weighted by Crippen LogP contribution is 2.55. The second-order valence-electron chi connectivity index (χ2n) is 14.9. The van der Waals surface area contributed by atoms with Crippen LogP contribution in [0.25, 0.3) is 54.2 Å². The van der Waals surface area contributed by atoms with Gasteiger partial charge in [-0.2, -0.15) is 0 Å². The Bertz CT molecular complexity index is 2250. The van der Waals surface area contributed by atoms with Crippen LogP contribution < -0.4 is 0 Å². The fraction of sp³-hybridized carbons (Fsp3) is 0.378. The van der Waals surface area contributed by atoms with E-state index in [-0.39, 0.29) is 0 Å². The molecular formula is C45H50. The molecule has 1 aliphatic rings. The Hall–Kier alpha value is -3.64. The lowest BCUT2D eigenvalue weighted by Crippen LogP contribution is -2.04. The average Bonchev–Trinajstić information content (AvgIpc) is 3.41. The molecule has 0 bridgehead atoms. The van der Waals surface area contributed by atoms with Gasteiger partial charge in [0.25, 0.3) is 0 Å². The predicted molar refractivity (Wildman–Crippen MR) is 200 cm³/mol. The van der Waals surface area contributed by atoms with E-state index in [2.05, 4.69) is 111 Å². The summed E-state index contributed by atoms with van der Waals surface area (Å²) < 4.78 is 0. The summed E-state index contributed by atoms with van der Waals surface area (Å²) in [4.78, 5) is 0. The van der Waals surface area contributed by atoms with Gasteiger partial charge < -0.3 is 0 Å². The van der Waals surface area contributed by atoms with Crippen molar-refractivity contribution in [3.8, 4) is 11.1 Å². The van der Waals surface area contributed by atoms with Crippen LogP contribution in [-0.2, 0) is 6.42 Å². The third-order valence-electron chi connectivity index (χ3n) is 13.5. The second kappa shape index (κ2) is 9.45. The first kappa shape index (κ1) is 30.0. The van der Waals surface area contributed by atoms with Crippen molar-refractivity contribution in [1.82, 2.24) is 0 Å². The van der Waals surface area contributed by atoms with Gasteiger partial charge in [-0.15, -0.1) is 0 Å². The zero-order valence-corrected chi connectivity index (χ0v) is 30.7. The van der Waals surface area contributed by atoms with Crippen LogP contribution in [0.1, 0.15) is 100 Å². The lowest BCUT2D eigenvalue weighted by atomic mass is 9.77. The molecule has 0 aromatic heterocycles. The first-order chi connectivity index (χ1) is 21.1. The Morgan fingerprint density at radius 2 is 0.400 bits per heavy atom. The molecule has 0 radical (unpaired) electrons. The zero-order valence-electron chi connectivity index (χ0n) is 30.7. The topological polar surface area (TPSA) is 0 Å². The van der Waals surface area contributed by atoms with Gasteiger partial charge in [-0.3, -0.25) is 0 Å². The maximum Gasteiger partial charge on any atom is -0.000753 e. The Labute approximate surface area is 270 Å². The maximum atomic E-state index is 2.41. The summed E-state index contributed by atoms with van der Waals surface area (Å²) in [5.74, 6) is 0. The van der Waals surface area contributed by atoms with Gasteiger partial charge in [0.2, 0.25) is 0 Å². The molecule has 230 valence electrons.